The zero-order valence-corrected chi connectivity index (χ0v) is 12.8. The van der Waals surface area contributed by atoms with Crippen molar-refractivity contribution < 1.29 is 14.3 Å². The Kier molecular flexibility index (Phi) is 4.95. The second-order valence-electron chi connectivity index (χ2n) is 5.23. The molecular weight excluding hydrogens is 272 g/mol. The number of aryl methyl sites for hydroxylation is 1. The fraction of sp³-hybridized carbons (Fsp3) is 0.643. The molecule has 7 nitrogen and oxygen atoms in total. The Bertz CT molecular complexity index is 526. The normalized spacial score (nSPS) is 16.9. The van der Waals surface area contributed by atoms with E-state index in [4.69, 9.17) is 4.74 Å². The standard InChI is InChI=1S/C14H22N4O3/c1-4-21-14(20)11-8-15-17(3)12(11)9-18-7-5-6-16(2)13(19)10-18/h8H,4-7,9-10H2,1-3H3. The Balaban J connectivity index is 2.13. The number of esters is 1. The molecule has 21 heavy (non-hydrogen) atoms. The first-order valence-corrected chi connectivity index (χ1v) is 7.17. The van der Waals surface area contributed by atoms with Crippen LogP contribution in [0, 0.1) is 0 Å². The van der Waals surface area contributed by atoms with Crippen molar-refractivity contribution in [2.45, 2.75) is 19.9 Å². The number of hydrogen-bond acceptors (Lipinski definition) is 5. The molecule has 2 heterocycles. The Morgan fingerprint density at radius 3 is 2.86 bits per heavy atom. The van der Waals surface area contributed by atoms with E-state index in [2.05, 4.69) is 5.10 Å². The number of rotatable bonds is 4. The third-order valence-corrected chi connectivity index (χ3v) is 3.68. The molecule has 0 saturated carbocycles. The van der Waals surface area contributed by atoms with Crippen LogP contribution in [0.4, 0.5) is 0 Å². The van der Waals surface area contributed by atoms with Gasteiger partial charge >= 0.3 is 5.97 Å². The first-order chi connectivity index (χ1) is 10.0. The van der Waals surface area contributed by atoms with E-state index in [9.17, 15) is 9.59 Å². The highest BCUT2D eigenvalue weighted by Crippen LogP contribution is 2.14. The molecule has 1 aliphatic rings. The number of nitrogens with zero attached hydrogens (tertiary/aromatic N) is 4. The van der Waals surface area contributed by atoms with Gasteiger partial charge in [0.25, 0.3) is 0 Å². The third-order valence-electron chi connectivity index (χ3n) is 3.68. The van der Waals surface area contributed by atoms with Crippen LogP contribution in [0.2, 0.25) is 0 Å². The van der Waals surface area contributed by atoms with Crippen LogP contribution in [0.5, 0.6) is 0 Å². The predicted molar refractivity (Wildman–Crippen MR) is 76.7 cm³/mol. The van der Waals surface area contributed by atoms with E-state index >= 15 is 0 Å². The van der Waals surface area contributed by atoms with Crippen LogP contribution in [0.3, 0.4) is 0 Å². The van der Waals surface area contributed by atoms with Crippen LogP contribution in [0.1, 0.15) is 29.4 Å². The summed E-state index contributed by atoms with van der Waals surface area (Å²) >= 11 is 0. The minimum absolute atomic E-state index is 0.104. The lowest BCUT2D eigenvalue weighted by Crippen LogP contribution is -2.34. The van der Waals surface area contributed by atoms with Crippen molar-refractivity contribution >= 4 is 11.9 Å². The van der Waals surface area contributed by atoms with Crippen LogP contribution >= 0.6 is 0 Å². The maximum Gasteiger partial charge on any atom is 0.341 e. The van der Waals surface area contributed by atoms with Gasteiger partial charge in [0.1, 0.15) is 5.56 Å². The summed E-state index contributed by atoms with van der Waals surface area (Å²) in [4.78, 5) is 27.7. The molecule has 0 aromatic carbocycles. The number of aromatic nitrogens is 2. The van der Waals surface area contributed by atoms with Gasteiger partial charge in [-0.15, -0.1) is 0 Å². The molecule has 1 aromatic heterocycles. The van der Waals surface area contributed by atoms with Gasteiger partial charge in [-0.05, 0) is 13.3 Å². The van der Waals surface area contributed by atoms with E-state index in [-0.39, 0.29) is 11.9 Å². The molecule has 116 valence electrons. The van der Waals surface area contributed by atoms with Crippen LogP contribution in [0.15, 0.2) is 6.20 Å². The van der Waals surface area contributed by atoms with Gasteiger partial charge in [-0.2, -0.15) is 5.10 Å². The lowest BCUT2D eigenvalue weighted by Gasteiger charge is -2.20. The van der Waals surface area contributed by atoms with Crippen molar-refractivity contribution in [2.24, 2.45) is 7.05 Å². The highest BCUT2D eigenvalue weighted by molar-refractivity contribution is 5.90. The zero-order chi connectivity index (χ0) is 15.4. The van der Waals surface area contributed by atoms with Gasteiger partial charge in [-0.25, -0.2) is 4.79 Å². The van der Waals surface area contributed by atoms with Crippen molar-refractivity contribution in [1.82, 2.24) is 19.6 Å². The molecule has 0 N–H and O–H groups in total. The first-order valence-electron chi connectivity index (χ1n) is 7.17. The number of carbonyl (C=O) groups excluding carboxylic acids is 2. The smallest absolute Gasteiger partial charge is 0.341 e. The highest BCUT2D eigenvalue weighted by Gasteiger charge is 2.23. The van der Waals surface area contributed by atoms with Crippen LogP contribution < -0.4 is 0 Å². The summed E-state index contributed by atoms with van der Waals surface area (Å²) in [5, 5.41) is 4.14. The van der Waals surface area contributed by atoms with Gasteiger partial charge in [0.2, 0.25) is 5.91 Å². The van der Waals surface area contributed by atoms with E-state index in [1.165, 1.54) is 6.20 Å². The van der Waals surface area contributed by atoms with E-state index in [1.807, 2.05) is 11.9 Å². The molecule has 7 heteroatoms. The molecule has 0 bridgehead atoms. The fourth-order valence-corrected chi connectivity index (χ4v) is 2.42. The number of amides is 1. The average molecular weight is 294 g/mol. The Hall–Kier alpha value is -1.89. The molecule has 0 aliphatic carbocycles. The van der Waals surface area contributed by atoms with Crippen molar-refractivity contribution in [3.63, 3.8) is 0 Å². The molecule has 0 atom stereocenters. The third kappa shape index (κ3) is 3.60. The van der Waals surface area contributed by atoms with Gasteiger partial charge in [-0.1, -0.05) is 0 Å². The van der Waals surface area contributed by atoms with Gasteiger partial charge < -0.3 is 9.64 Å². The van der Waals surface area contributed by atoms with Gasteiger partial charge in [0.05, 0.1) is 25.0 Å². The highest BCUT2D eigenvalue weighted by atomic mass is 16.5. The Morgan fingerprint density at radius 2 is 2.14 bits per heavy atom. The fourth-order valence-electron chi connectivity index (χ4n) is 2.42. The molecule has 2 rings (SSSR count). The first kappa shape index (κ1) is 15.5. The topological polar surface area (TPSA) is 67.7 Å². The van der Waals surface area contributed by atoms with Crippen molar-refractivity contribution in [2.75, 3.05) is 33.3 Å². The molecular formula is C14H22N4O3. The minimum atomic E-state index is -0.362. The van der Waals surface area contributed by atoms with Crippen molar-refractivity contribution in [3.05, 3.63) is 17.5 Å². The van der Waals surface area contributed by atoms with Gasteiger partial charge in [-0.3, -0.25) is 14.4 Å². The summed E-state index contributed by atoms with van der Waals surface area (Å²) in [6.45, 7) is 4.58. The molecule has 0 spiro atoms. The summed E-state index contributed by atoms with van der Waals surface area (Å²) < 4.78 is 6.72. The Morgan fingerprint density at radius 1 is 1.38 bits per heavy atom. The summed E-state index contributed by atoms with van der Waals surface area (Å²) in [7, 11) is 3.61. The number of ether oxygens (including phenoxy) is 1. The van der Waals surface area contributed by atoms with Gasteiger partial charge in [0, 0.05) is 33.7 Å². The van der Waals surface area contributed by atoms with E-state index in [1.54, 1.807) is 23.6 Å². The minimum Gasteiger partial charge on any atom is -0.462 e. The van der Waals surface area contributed by atoms with Gasteiger partial charge in [0.15, 0.2) is 0 Å². The van der Waals surface area contributed by atoms with E-state index < -0.39 is 0 Å². The largest absolute Gasteiger partial charge is 0.462 e. The molecule has 1 fully saturated rings. The zero-order valence-electron chi connectivity index (χ0n) is 12.8. The lowest BCUT2D eigenvalue weighted by molar-refractivity contribution is -0.130. The second-order valence-corrected chi connectivity index (χ2v) is 5.23. The number of likely N-dealkylation sites (N-methyl/N-ethyl adjacent to an activating group) is 1. The SMILES string of the molecule is CCOC(=O)c1cnn(C)c1CN1CCCN(C)C(=O)C1. The quantitative estimate of drug-likeness (QED) is 0.745. The van der Waals surface area contributed by atoms with Crippen LogP contribution in [-0.4, -0.2) is 64.7 Å². The maximum atomic E-state index is 11.9. The molecule has 1 aliphatic heterocycles. The van der Waals surface area contributed by atoms with Crippen LogP contribution in [-0.2, 0) is 23.1 Å². The second kappa shape index (κ2) is 6.71. The molecule has 1 aromatic rings. The molecule has 1 saturated heterocycles. The molecule has 0 radical (unpaired) electrons. The van der Waals surface area contributed by atoms with Crippen molar-refractivity contribution in [3.8, 4) is 0 Å². The van der Waals surface area contributed by atoms with E-state index in [0.717, 1.165) is 25.2 Å². The lowest BCUT2D eigenvalue weighted by atomic mass is 10.2. The Labute approximate surface area is 124 Å². The average Bonchev–Trinajstić information content (AvgIpc) is 2.71. The summed E-state index contributed by atoms with van der Waals surface area (Å²) in [6.07, 6.45) is 2.45. The molecule has 1 amide bonds. The molecule has 0 unspecified atom stereocenters. The van der Waals surface area contributed by atoms with E-state index in [0.29, 0.717) is 25.3 Å². The number of carbonyl (C=O) groups is 2. The summed E-state index contributed by atoms with van der Waals surface area (Å²) in [5.74, 6) is -0.258. The van der Waals surface area contributed by atoms with Crippen molar-refractivity contribution in [1.29, 1.82) is 0 Å². The summed E-state index contributed by atoms with van der Waals surface area (Å²) in [5.41, 5.74) is 1.26. The summed E-state index contributed by atoms with van der Waals surface area (Å²) in [6, 6.07) is 0. The maximum absolute atomic E-state index is 11.9. The number of hydrogen-bond donors (Lipinski definition) is 0. The predicted octanol–water partition coefficient (Wildman–Crippen LogP) is 0.261. The van der Waals surface area contributed by atoms with Crippen LogP contribution in [0.25, 0.3) is 0 Å². The monoisotopic (exact) mass is 294 g/mol.